The van der Waals surface area contributed by atoms with Gasteiger partial charge in [-0.1, -0.05) is 28.1 Å². The second-order valence-corrected chi connectivity index (χ2v) is 7.72. The van der Waals surface area contributed by atoms with E-state index >= 15 is 0 Å². The van der Waals surface area contributed by atoms with Gasteiger partial charge < -0.3 is 14.8 Å². The Morgan fingerprint density at radius 1 is 1.11 bits per heavy atom. The monoisotopic (exact) mass is 433 g/mol. The lowest BCUT2D eigenvalue weighted by atomic mass is 10.1. The van der Waals surface area contributed by atoms with Crippen molar-refractivity contribution >= 4 is 21.8 Å². The number of hydrogen-bond donors (Lipinski definition) is 1. The largest absolute Gasteiger partial charge is 0.491 e. The maximum absolute atomic E-state index is 12.0. The Bertz CT molecular complexity index is 751. The number of rotatable bonds is 9. The number of carbonyl (C=O) groups is 1. The third kappa shape index (κ3) is 7.25. The van der Waals surface area contributed by atoms with E-state index in [9.17, 15) is 4.79 Å². The van der Waals surface area contributed by atoms with Crippen LogP contribution in [0.4, 0.5) is 0 Å². The molecule has 0 unspecified atom stereocenters. The van der Waals surface area contributed by atoms with E-state index in [1.807, 2.05) is 52.0 Å². The fourth-order valence-corrected chi connectivity index (χ4v) is 2.99. The Morgan fingerprint density at radius 3 is 2.48 bits per heavy atom. The van der Waals surface area contributed by atoms with Crippen molar-refractivity contribution in [3.8, 4) is 11.5 Å². The lowest BCUT2D eigenvalue weighted by molar-refractivity contribution is -0.123. The van der Waals surface area contributed by atoms with Crippen molar-refractivity contribution in [2.24, 2.45) is 0 Å². The van der Waals surface area contributed by atoms with Gasteiger partial charge in [-0.05, 0) is 81.5 Å². The van der Waals surface area contributed by atoms with Gasteiger partial charge >= 0.3 is 0 Å². The summed E-state index contributed by atoms with van der Waals surface area (Å²) in [5.41, 5.74) is 3.39. The van der Waals surface area contributed by atoms with Crippen LogP contribution in [-0.4, -0.2) is 25.2 Å². The minimum atomic E-state index is -0.106. The fraction of sp³-hybridized carbons (Fsp3) is 0.409. The molecule has 0 radical (unpaired) electrons. The average molecular weight is 434 g/mol. The molecule has 0 aliphatic heterocycles. The first-order valence-electron chi connectivity index (χ1n) is 9.27. The highest BCUT2D eigenvalue weighted by Gasteiger charge is 2.06. The Morgan fingerprint density at radius 2 is 1.81 bits per heavy atom. The molecule has 5 heteroatoms. The number of benzene rings is 2. The van der Waals surface area contributed by atoms with Gasteiger partial charge in [-0.3, -0.25) is 4.79 Å². The summed E-state index contributed by atoms with van der Waals surface area (Å²) in [6.45, 7) is 8.69. The van der Waals surface area contributed by atoms with E-state index in [-0.39, 0.29) is 18.6 Å². The Kier molecular flexibility index (Phi) is 8.17. The number of hydrogen-bond acceptors (Lipinski definition) is 3. The second-order valence-electron chi connectivity index (χ2n) is 6.93. The Hall–Kier alpha value is -2.01. The van der Waals surface area contributed by atoms with E-state index in [0.717, 1.165) is 34.2 Å². The van der Waals surface area contributed by atoms with Crippen LogP contribution in [0.5, 0.6) is 11.5 Å². The van der Waals surface area contributed by atoms with E-state index in [1.165, 1.54) is 5.56 Å². The molecule has 1 amide bonds. The Labute approximate surface area is 170 Å². The molecule has 0 bridgehead atoms. The Balaban J connectivity index is 1.70. The summed E-state index contributed by atoms with van der Waals surface area (Å²) in [6.07, 6.45) is 1.92. The van der Waals surface area contributed by atoms with Crippen molar-refractivity contribution in [2.75, 3.05) is 13.2 Å². The van der Waals surface area contributed by atoms with Crippen LogP contribution in [0.2, 0.25) is 0 Å². The molecule has 2 aromatic rings. The van der Waals surface area contributed by atoms with Gasteiger partial charge in [0.1, 0.15) is 11.5 Å². The summed E-state index contributed by atoms with van der Waals surface area (Å²) < 4.78 is 12.4. The van der Waals surface area contributed by atoms with E-state index in [4.69, 9.17) is 9.47 Å². The van der Waals surface area contributed by atoms with E-state index in [0.29, 0.717) is 12.3 Å². The SMILES string of the molecule is Cc1cc(OCC(=O)NCCCc2cccc(OC(C)C)c2)cc(C)c1Br. The zero-order chi connectivity index (χ0) is 19.8. The first-order chi connectivity index (χ1) is 12.8. The zero-order valence-corrected chi connectivity index (χ0v) is 18.1. The van der Waals surface area contributed by atoms with Crippen molar-refractivity contribution < 1.29 is 14.3 Å². The number of halogens is 1. The van der Waals surface area contributed by atoms with Gasteiger partial charge in [-0.15, -0.1) is 0 Å². The maximum atomic E-state index is 12.0. The summed E-state index contributed by atoms with van der Waals surface area (Å²) in [4.78, 5) is 12.0. The highest BCUT2D eigenvalue weighted by molar-refractivity contribution is 9.10. The molecule has 0 saturated carbocycles. The number of nitrogens with one attached hydrogen (secondary N) is 1. The van der Waals surface area contributed by atoms with Crippen molar-refractivity contribution in [1.82, 2.24) is 5.32 Å². The van der Waals surface area contributed by atoms with Crippen molar-refractivity contribution in [1.29, 1.82) is 0 Å². The van der Waals surface area contributed by atoms with Gasteiger partial charge in [0.15, 0.2) is 6.61 Å². The molecule has 27 heavy (non-hydrogen) atoms. The topological polar surface area (TPSA) is 47.6 Å². The molecular weight excluding hydrogens is 406 g/mol. The normalized spacial score (nSPS) is 10.7. The third-order valence-electron chi connectivity index (χ3n) is 4.01. The van der Waals surface area contributed by atoms with E-state index in [1.54, 1.807) is 0 Å². The molecule has 0 fully saturated rings. The molecule has 0 aliphatic rings. The van der Waals surface area contributed by atoms with Crippen LogP contribution < -0.4 is 14.8 Å². The van der Waals surface area contributed by atoms with E-state index < -0.39 is 0 Å². The maximum Gasteiger partial charge on any atom is 0.257 e. The molecule has 0 aromatic heterocycles. The predicted octanol–water partition coefficient (Wildman–Crippen LogP) is 4.98. The number of amides is 1. The van der Waals surface area contributed by atoms with Gasteiger partial charge in [0.2, 0.25) is 0 Å². The quantitative estimate of drug-likeness (QED) is 0.567. The average Bonchev–Trinajstić information content (AvgIpc) is 2.61. The first-order valence-corrected chi connectivity index (χ1v) is 10.1. The lowest BCUT2D eigenvalue weighted by Crippen LogP contribution is -2.29. The van der Waals surface area contributed by atoms with Crippen LogP contribution in [0, 0.1) is 13.8 Å². The van der Waals surface area contributed by atoms with Crippen LogP contribution in [0.3, 0.4) is 0 Å². The molecule has 0 aliphatic carbocycles. The van der Waals surface area contributed by atoms with Gasteiger partial charge in [-0.2, -0.15) is 0 Å². The summed E-state index contributed by atoms with van der Waals surface area (Å²) in [7, 11) is 0. The van der Waals surface area contributed by atoms with Crippen molar-refractivity contribution in [3.05, 3.63) is 57.6 Å². The predicted molar refractivity (Wildman–Crippen MR) is 113 cm³/mol. The molecule has 1 N–H and O–H groups in total. The molecular formula is C22H28BrNO3. The number of ether oxygens (including phenoxy) is 2. The van der Waals surface area contributed by atoms with Crippen LogP contribution in [-0.2, 0) is 11.2 Å². The fourth-order valence-electron chi connectivity index (χ4n) is 2.76. The van der Waals surface area contributed by atoms with E-state index in [2.05, 4.69) is 33.4 Å². The van der Waals surface area contributed by atoms with Gasteiger partial charge in [0.05, 0.1) is 6.10 Å². The molecule has 4 nitrogen and oxygen atoms in total. The lowest BCUT2D eigenvalue weighted by Gasteiger charge is -2.11. The van der Waals surface area contributed by atoms with Crippen LogP contribution in [0.15, 0.2) is 40.9 Å². The molecule has 146 valence electrons. The highest BCUT2D eigenvalue weighted by atomic mass is 79.9. The standard InChI is InChI=1S/C22H28BrNO3/c1-15(2)27-19-9-5-7-18(13-19)8-6-10-24-21(25)14-26-20-11-16(3)22(23)17(4)12-20/h5,7,9,11-13,15H,6,8,10,14H2,1-4H3,(H,24,25). The summed E-state index contributed by atoms with van der Waals surface area (Å²) in [5, 5.41) is 2.91. The third-order valence-corrected chi connectivity index (χ3v) is 5.27. The number of carbonyl (C=O) groups excluding carboxylic acids is 1. The molecule has 2 aromatic carbocycles. The van der Waals surface area contributed by atoms with Gasteiger partial charge in [-0.25, -0.2) is 0 Å². The minimum Gasteiger partial charge on any atom is -0.491 e. The first kappa shape index (κ1) is 21.3. The van der Waals surface area contributed by atoms with Gasteiger partial charge in [0, 0.05) is 11.0 Å². The van der Waals surface area contributed by atoms with Gasteiger partial charge in [0.25, 0.3) is 5.91 Å². The molecule has 0 heterocycles. The van der Waals surface area contributed by atoms with Crippen LogP contribution >= 0.6 is 15.9 Å². The molecule has 2 rings (SSSR count). The molecule has 0 saturated heterocycles. The van der Waals surface area contributed by atoms with Crippen LogP contribution in [0.25, 0.3) is 0 Å². The summed E-state index contributed by atoms with van der Waals surface area (Å²) in [6, 6.07) is 12.0. The summed E-state index contributed by atoms with van der Waals surface area (Å²) >= 11 is 3.53. The zero-order valence-electron chi connectivity index (χ0n) is 16.5. The highest BCUT2D eigenvalue weighted by Crippen LogP contribution is 2.26. The minimum absolute atomic E-state index is 0.0260. The van der Waals surface area contributed by atoms with Crippen molar-refractivity contribution in [3.63, 3.8) is 0 Å². The van der Waals surface area contributed by atoms with Crippen LogP contribution in [0.1, 0.15) is 37.0 Å². The molecule has 0 atom stereocenters. The van der Waals surface area contributed by atoms with Crippen molar-refractivity contribution in [2.45, 2.75) is 46.6 Å². The second kappa shape index (κ2) is 10.4. The molecule has 0 spiro atoms. The summed E-state index contributed by atoms with van der Waals surface area (Å²) in [5.74, 6) is 1.50. The smallest absolute Gasteiger partial charge is 0.257 e. The number of aryl methyl sites for hydroxylation is 3.